The molecule has 5 aromatic rings. The van der Waals surface area contributed by atoms with Gasteiger partial charge in [-0.3, -0.25) is 0 Å². The number of aromatic nitrogens is 6. The summed E-state index contributed by atoms with van der Waals surface area (Å²) in [7, 11) is 1.86. The van der Waals surface area contributed by atoms with E-state index in [0.29, 0.717) is 24.7 Å². The number of rotatable bonds is 8. The normalized spacial score (nSPS) is 18.2. The van der Waals surface area contributed by atoms with E-state index >= 15 is 0 Å². The Labute approximate surface area is 242 Å². The van der Waals surface area contributed by atoms with Crippen molar-refractivity contribution >= 4 is 40.5 Å². The number of hydrogen-bond acceptors (Lipinski definition) is 9. The summed E-state index contributed by atoms with van der Waals surface area (Å²) in [6.07, 6.45) is 14.4. The Morgan fingerprint density at radius 1 is 1.10 bits per heavy atom. The summed E-state index contributed by atoms with van der Waals surface area (Å²) >= 11 is 0. The highest BCUT2D eigenvalue weighted by atomic mass is 16.5. The highest BCUT2D eigenvalue weighted by molar-refractivity contribution is 5.90. The lowest BCUT2D eigenvalue weighted by Gasteiger charge is -2.31. The van der Waals surface area contributed by atoms with Crippen molar-refractivity contribution in [3.8, 4) is 11.5 Å². The van der Waals surface area contributed by atoms with Crippen LogP contribution in [0.3, 0.4) is 0 Å². The number of nitrogens with zero attached hydrogens (tertiary/aromatic N) is 8. The van der Waals surface area contributed by atoms with Gasteiger partial charge in [-0.1, -0.05) is 6.08 Å². The van der Waals surface area contributed by atoms with Gasteiger partial charge in [0.25, 0.3) is 0 Å². The Balaban J connectivity index is 1.14. The number of fused-ring (bicyclic) bond motifs is 4. The van der Waals surface area contributed by atoms with E-state index in [9.17, 15) is 4.79 Å². The van der Waals surface area contributed by atoms with Crippen molar-refractivity contribution in [1.29, 1.82) is 0 Å². The quantitative estimate of drug-likeness (QED) is 0.217. The number of benzene rings is 1. The monoisotopic (exact) mass is 563 g/mol. The third-order valence-electron chi connectivity index (χ3n) is 7.80. The lowest BCUT2D eigenvalue weighted by molar-refractivity contribution is -0.445. The maximum Gasteiger partial charge on any atom is 0.411 e. The van der Waals surface area contributed by atoms with E-state index in [2.05, 4.69) is 48.0 Å². The van der Waals surface area contributed by atoms with Gasteiger partial charge in [0.15, 0.2) is 24.2 Å². The molecule has 1 saturated heterocycles. The standard InChI is InChI=1S/C30H31N10O2/c1-20-14-21(5-8-26(20)42-24-9-12-38-27(15-24)32-18-34-38)36-30-29-25(10-13-39(29)35-19-33-30)40-22-6-7-23(40)17-37(16-22)28(41)4-3-11-31-2/h3-5,8-10,12-16,18-19,22-23,31H,6-7,11,17H2,1-2H3,(H,33,35,36)/q+1/b4-3+. The van der Waals surface area contributed by atoms with Crippen LogP contribution in [0.1, 0.15) is 18.4 Å². The van der Waals surface area contributed by atoms with E-state index in [1.54, 1.807) is 16.9 Å². The number of carbonyl (C=O) groups is 1. The number of anilines is 3. The molecule has 2 aliphatic heterocycles. The van der Waals surface area contributed by atoms with Gasteiger partial charge in [-0.05, 0) is 62.7 Å². The fourth-order valence-corrected chi connectivity index (χ4v) is 5.85. The van der Waals surface area contributed by atoms with Crippen molar-refractivity contribution in [3.05, 3.63) is 79.2 Å². The third-order valence-corrected chi connectivity index (χ3v) is 7.80. The lowest BCUT2D eigenvalue weighted by atomic mass is 10.2. The number of pyridine rings is 1. The van der Waals surface area contributed by atoms with Gasteiger partial charge in [-0.25, -0.2) is 23.8 Å². The van der Waals surface area contributed by atoms with Crippen molar-refractivity contribution in [1.82, 2.24) is 34.5 Å². The molecule has 2 unspecified atom stereocenters. The van der Waals surface area contributed by atoms with E-state index in [4.69, 9.17) is 4.74 Å². The van der Waals surface area contributed by atoms with Crippen LogP contribution >= 0.6 is 0 Å². The Morgan fingerprint density at radius 3 is 2.81 bits per heavy atom. The first-order chi connectivity index (χ1) is 20.6. The summed E-state index contributed by atoms with van der Waals surface area (Å²) in [6.45, 7) is 3.33. The van der Waals surface area contributed by atoms with Gasteiger partial charge < -0.3 is 20.3 Å². The SMILES string of the molecule is CNC/C=C/C(=O)[N+]1=CC2CCC(C1)N2c1ccn2ncnc(Nc3ccc(Oc4ccn5ncnc5c4)c(C)c3)c12. The molecule has 4 aromatic heterocycles. The van der Waals surface area contributed by atoms with E-state index in [1.165, 1.54) is 6.33 Å². The predicted octanol–water partition coefficient (Wildman–Crippen LogP) is 3.35. The first-order valence-electron chi connectivity index (χ1n) is 14.0. The molecule has 212 valence electrons. The first-order valence-corrected chi connectivity index (χ1v) is 14.0. The molecule has 0 spiro atoms. The number of amides is 1. The van der Waals surface area contributed by atoms with Crippen molar-refractivity contribution in [3.63, 3.8) is 0 Å². The van der Waals surface area contributed by atoms with Crippen LogP contribution in [0.15, 0.2) is 73.6 Å². The molecule has 0 aliphatic carbocycles. The molecule has 6 heterocycles. The largest absolute Gasteiger partial charge is 0.457 e. The Hall–Kier alpha value is -5.10. The van der Waals surface area contributed by atoms with Gasteiger partial charge in [0.2, 0.25) is 0 Å². The minimum absolute atomic E-state index is 0.0242. The highest BCUT2D eigenvalue weighted by Gasteiger charge is 2.43. The van der Waals surface area contributed by atoms with Crippen LogP contribution in [0, 0.1) is 6.92 Å². The number of carbonyl (C=O) groups excluding carboxylic acids is 1. The second-order valence-electron chi connectivity index (χ2n) is 10.5. The molecule has 1 fully saturated rings. The number of aryl methyl sites for hydroxylation is 1. The zero-order chi connectivity index (χ0) is 28.6. The topological polar surface area (TPSA) is 117 Å². The average Bonchev–Trinajstić information content (AvgIpc) is 3.70. The zero-order valence-corrected chi connectivity index (χ0v) is 23.4. The Kier molecular flexibility index (Phi) is 6.59. The summed E-state index contributed by atoms with van der Waals surface area (Å²) < 4.78 is 11.6. The molecule has 0 saturated carbocycles. The number of likely N-dealkylation sites (N-methyl/N-ethyl adjacent to an activating group) is 1. The summed E-state index contributed by atoms with van der Waals surface area (Å²) in [5, 5.41) is 15.1. The van der Waals surface area contributed by atoms with Crippen molar-refractivity contribution in [2.24, 2.45) is 0 Å². The first kappa shape index (κ1) is 25.8. The molecule has 0 radical (unpaired) electrons. The molecule has 1 amide bonds. The van der Waals surface area contributed by atoms with Crippen molar-refractivity contribution < 1.29 is 14.1 Å². The van der Waals surface area contributed by atoms with E-state index in [0.717, 1.165) is 46.7 Å². The molecule has 1 aromatic carbocycles. The Bertz CT molecular complexity index is 1860. The molecular weight excluding hydrogens is 532 g/mol. The van der Waals surface area contributed by atoms with Gasteiger partial charge in [-0.2, -0.15) is 14.8 Å². The molecule has 2 bridgehead atoms. The summed E-state index contributed by atoms with van der Waals surface area (Å²) in [5.41, 5.74) is 4.54. The van der Waals surface area contributed by atoms with Gasteiger partial charge in [0, 0.05) is 30.7 Å². The molecule has 7 rings (SSSR count). The fourth-order valence-electron chi connectivity index (χ4n) is 5.85. The van der Waals surface area contributed by atoms with E-state index in [1.807, 2.05) is 71.9 Å². The molecular formula is C30H31N10O2+. The maximum atomic E-state index is 12.8. The fraction of sp³-hybridized carbons (Fsp3) is 0.267. The van der Waals surface area contributed by atoms with E-state index < -0.39 is 0 Å². The van der Waals surface area contributed by atoms with Crippen LogP contribution < -0.4 is 20.3 Å². The van der Waals surface area contributed by atoms with Gasteiger partial charge in [-0.15, -0.1) is 0 Å². The molecule has 2 aliphatic rings. The number of nitrogens with one attached hydrogen (secondary N) is 2. The highest BCUT2D eigenvalue weighted by Crippen LogP contribution is 2.38. The van der Waals surface area contributed by atoms with Crippen LogP contribution in [-0.4, -0.2) is 78.1 Å². The Morgan fingerprint density at radius 2 is 1.95 bits per heavy atom. The maximum absolute atomic E-state index is 12.8. The van der Waals surface area contributed by atoms with Crippen LogP contribution in [-0.2, 0) is 4.79 Å². The van der Waals surface area contributed by atoms with Gasteiger partial charge >= 0.3 is 5.91 Å². The summed E-state index contributed by atoms with van der Waals surface area (Å²) in [4.78, 5) is 24.0. The molecule has 12 nitrogen and oxygen atoms in total. The average molecular weight is 564 g/mol. The second-order valence-corrected chi connectivity index (χ2v) is 10.5. The zero-order valence-electron chi connectivity index (χ0n) is 23.4. The van der Waals surface area contributed by atoms with Crippen LogP contribution in [0.5, 0.6) is 11.5 Å². The van der Waals surface area contributed by atoms with Gasteiger partial charge in [0.05, 0.1) is 17.8 Å². The minimum atomic E-state index is 0.0242. The van der Waals surface area contributed by atoms with Crippen LogP contribution in [0.4, 0.5) is 17.2 Å². The third kappa shape index (κ3) is 4.75. The number of ether oxygens (including phenoxy) is 1. The summed E-state index contributed by atoms with van der Waals surface area (Å²) in [6, 6.07) is 12.1. The molecule has 12 heteroatoms. The smallest absolute Gasteiger partial charge is 0.411 e. The van der Waals surface area contributed by atoms with Crippen LogP contribution in [0.25, 0.3) is 11.2 Å². The van der Waals surface area contributed by atoms with E-state index in [-0.39, 0.29) is 18.0 Å². The summed E-state index contributed by atoms with van der Waals surface area (Å²) in [5.74, 6) is 2.18. The molecule has 42 heavy (non-hydrogen) atoms. The number of hydrogen-bond donors (Lipinski definition) is 2. The molecule has 2 N–H and O–H groups in total. The van der Waals surface area contributed by atoms with Crippen molar-refractivity contribution in [2.75, 3.05) is 30.4 Å². The predicted molar refractivity (Wildman–Crippen MR) is 159 cm³/mol. The lowest BCUT2D eigenvalue weighted by Crippen LogP contribution is -2.49. The van der Waals surface area contributed by atoms with Crippen LogP contribution in [0.2, 0.25) is 0 Å². The second kappa shape index (κ2) is 10.7. The van der Waals surface area contributed by atoms with Gasteiger partial charge in [0.1, 0.15) is 35.7 Å². The minimum Gasteiger partial charge on any atom is -0.457 e. The van der Waals surface area contributed by atoms with Crippen molar-refractivity contribution in [2.45, 2.75) is 31.8 Å². The molecule has 2 atom stereocenters.